The molecule has 1 saturated carbocycles. The van der Waals surface area contributed by atoms with Gasteiger partial charge in [0.25, 0.3) is 0 Å². The van der Waals surface area contributed by atoms with Crippen molar-refractivity contribution in [2.45, 2.75) is 64.3 Å². The molecule has 2 aromatic carbocycles. The second-order valence-electron chi connectivity index (χ2n) is 10.9. The molecule has 1 heterocycles. The standard InChI is InChI=1S/C34H42N4O4/c39-32(18-19-33(40)37-23-26-8-3-1-4-9-26)35-20-7-21-42-31-16-13-28(14-17-31)29-12-15-30(36-25-29)22-34(41)38-24-27-10-5-2-6-11-27/h2,5-6,10-17,25-26H,1,3-4,7-9,18-24H2,(H,35,39)(H,37,40)(H,38,41). The molecule has 0 saturated heterocycles. The molecule has 3 amide bonds. The Morgan fingerprint density at radius 2 is 1.48 bits per heavy atom. The van der Waals surface area contributed by atoms with Gasteiger partial charge in [-0.1, -0.05) is 67.8 Å². The van der Waals surface area contributed by atoms with E-state index in [0.717, 1.165) is 29.0 Å². The normalized spacial score (nSPS) is 13.2. The van der Waals surface area contributed by atoms with Crippen molar-refractivity contribution in [2.75, 3.05) is 19.7 Å². The highest BCUT2D eigenvalue weighted by Gasteiger charge is 2.14. The number of hydrogen-bond donors (Lipinski definition) is 3. The molecule has 8 heteroatoms. The molecule has 3 aromatic rings. The van der Waals surface area contributed by atoms with Crippen molar-refractivity contribution in [1.29, 1.82) is 0 Å². The Bertz CT molecular complexity index is 1260. The van der Waals surface area contributed by atoms with Gasteiger partial charge in [0.2, 0.25) is 17.7 Å². The highest BCUT2D eigenvalue weighted by Crippen LogP contribution is 2.23. The highest BCUT2D eigenvalue weighted by atomic mass is 16.5. The maximum atomic E-state index is 12.3. The Labute approximate surface area is 248 Å². The lowest BCUT2D eigenvalue weighted by Gasteiger charge is -2.21. The van der Waals surface area contributed by atoms with Crippen LogP contribution in [0, 0.1) is 5.92 Å². The number of hydrogen-bond acceptors (Lipinski definition) is 5. The molecule has 42 heavy (non-hydrogen) atoms. The zero-order chi connectivity index (χ0) is 29.4. The van der Waals surface area contributed by atoms with Crippen molar-refractivity contribution in [1.82, 2.24) is 20.9 Å². The SMILES string of the molecule is O=C(CCC(=O)NCC1CCCCC1)NCCCOc1ccc(-c2ccc(CC(=O)NCc3ccccc3)nc2)cc1. The second-order valence-corrected chi connectivity index (χ2v) is 10.9. The van der Waals surface area contributed by atoms with E-state index >= 15 is 0 Å². The molecule has 1 aliphatic carbocycles. The number of amides is 3. The molecular weight excluding hydrogens is 528 g/mol. The van der Waals surface area contributed by atoms with Crippen LogP contribution in [0.3, 0.4) is 0 Å². The van der Waals surface area contributed by atoms with Crippen LogP contribution in [-0.2, 0) is 27.3 Å². The summed E-state index contributed by atoms with van der Waals surface area (Å²) in [4.78, 5) is 40.8. The Kier molecular flexibility index (Phi) is 12.4. The maximum absolute atomic E-state index is 12.3. The molecule has 0 spiro atoms. The third-order valence-corrected chi connectivity index (χ3v) is 7.49. The summed E-state index contributed by atoms with van der Waals surface area (Å²) < 4.78 is 5.81. The van der Waals surface area contributed by atoms with Gasteiger partial charge >= 0.3 is 0 Å². The molecule has 0 bridgehead atoms. The minimum absolute atomic E-state index is 0.0452. The van der Waals surface area contributed by atoms with Gasteiger partial charge in [-0.2, -0.15) is 0 Å². The molecule has 1 aromatic heterocycles. The number of pyridine rings is 1. The predicted octanol–water partition coefficient (Wildman–Crippen LogP) is 4.97. The minimum atomic E-state index is -0.111. The molecule has 0 aliphatic heterocycles. The number of aromatic nitrogens is 1. The van der Waals surface area contributed by atoms with Gasteiger partial charge in [-0.3, -0.25) is 19.4 Å². The summed E-state index contributed by atoms with van der Waals surface area (Å²) in [6.07, 6.45) is 9.30. The lowest BCUT2D eigenvalue weighted by molar-refractivity contribution is -0.126. The molecular formula is C34H42N4O4. The molecule has 0 unspecified atom stereocenters. The molecule has 222 valence electrons. The van der Waals surface area contributed by atoms with E-state index in [1.807, 2.05) is 66.7 Å². The zero-order valence-electron chi connectivity index (χ0n) is 24.3. The van der Waals surface area contributed by atoms with Crippen LogP contribution in [0.1, 0.15) is 62.6 Å². The predicted molar refractivity (Wildman–Crippen MR) is 164 cm³/mol. The highest BCUT2D eigenvalue weighted by molar-refractivity contribution is 5.83. The van der Waals surface area contributed by atoms with Crippen LogP contribution in [0.15, 0.2) is 72.9 Å². The van der Waals surface area contributed by atoms with E-state index in [9.17, 15) is 14.4 Å². The molecule has 3 N–H and O–H groups in total. The smallest absolute Gasteiger partial charge is 0.226 e. The molecule has 0 radical (unpaired) electrons. The third-order valence-electron chi connectivity index (χ3n) is 7.49. The number of carbonyl (C=O) groups excluding carboxylic acids is 3. The summed E-state index contributed by atoms with van der Waals surface area (Å²) in [6, 6.07) is 21.4. The van der Waals surface area contributed by atoms with Gasteiger partial charge in [0, 0.05) is 49.9 Å². The minimum Gasteiger partial charge on any atom is -0.494 e. The number of ether oxygens (including phenoxy) is 1. The first-order valence-corrected chi connectivity index (χ1v) is 15.1. The van der Waals surface area contributed by atoms with Gasteiger partial charge in [-0.25, -0.2) is 0 Å². The number of nitrogens with one attached hydrogen (secondary N) is 3. The van der Waals surface area contributed by atoms with E-state index in [4.69, 9.17) is 4.74 Å². The first kappa shape index (κ1) is 30.8. The van der Waals surface area contributed by atoms with Crippen molar-refractivity contribution in [3.05, 3.63) is 84.2 Å². The number of carbonyl (C=O) groups is 3. The Balaban J connectivity index is 1.07. The lowest BCUT2D eigenvalue weighted by atomic mass is 9.89. The summed E-state index contributed by atoms with van der Waals surface area (Å²) in [5.41, 5.74) is 3.74. The van der Waals surface area contributed by atoms with Crippen molar-refractivity contribution >= 4 is 17.7 Å². The second kappa shape index (κ2) is 16.9. The number of rotatable bonds is 15. The fourth-order valence-corrected chi connectivity index (χ4v) is 5.01. The van der Waals surface area contributed by atoms with Crippen molar-refractivity contribution < 1.29 is 19.1 Å². The van der Waals surface area contributed by atoms with E-state index in [1.54, 1.807) is 6.20 Å². The van der Waals surface area contributed by atoms with Gasteiger partial charge in [0.05, 0.1) is 13.0 Å². The Hall–Kier alpha value is -4.20. The fraction of sp³-hybridized carbons (Fsp3) is 0.412. The van der Waals surface area contributed by atoms with E-state index in [-0.39, 0.29) is 37.0 Å². The summed E-state index contributed by atoms with van der Waals surface area (Å²) in [6.45, 7) is 2.21. The van der Waals surface area contributed by atoms with Gasteiger partial charge in [0.15, 0.2) is 0 Å². The average molecular weight is 571 g/mol. The van der Waals surface area contributed by atoms with Crippen LogP contribution in [-0.4, -0.2) is 42.4 Å². The van der Waals surface area contributed by atoms with Crippen LogP contribution in [0.25, 0.3) is 11.1 Å². The Morgan fingerprint density at radius 3 is 2.19 bits per heavy atom. The Morgan fingerprint density at radius 1 is 0.762 bits per heavy atom. The van der Waals surface area contributed by atoms with Crippen LogP contribution in [0.5, 0.6) is 5.75 Å². The lowest BCUT2D eigenvalue weighted by Crippen LogP contribution is -2.32. The fourth-order valence-electron chi connectivity index (χ4n) is 5.01. The van der Waals surface area contributed by atoms with Crippen LogP contribution in [0.2, 0.25) is 0 Å². The topological polar surface area (TPSA) is 109 Å². The maximum Gasteiger partial charge on any atom is 0.226 e. The molecule has 0 atom stereocenters. The molecule has 1 fully saturated rings. The quantitative estimate of drug-likeness (QED) is 0.224. The van der Waals surface area contributed by atoms with E-state index in [2.05, 4.69) is 20.9 Å². The van der Waals surface area contributed by atoms with Gasteiger partial charge in [-0.05, 0) is 54.5 Å². The van der Waals surface area contributed by atoms with E-state index in [1.165, 1.54) is 32.1 Å². The van der Waals surface area contributed by atoms with Gasteiger partial charge in [-0.15, -0.1) is 0 Å². The largest absolute Gasteiger partial charge is 0.494 e. The van der Waals surface area contributed by atoms with Crippen LogP contribution >= 0.6 is 0 Å². The van der Waals surface area contributed by atoms with Crippen molar-refractivity contribution in [2.24, 2.45) is 5.92 Å². The summed E-state index contributed by atoms with van der Waals surface area (Å²) in [7, 11) is 0. The van der Waals surface area contributed by atoms with E-state index in [0.29, 0.717) is 37.7 Å². The molecule has 8 nitrogen and oxygen atoms in total. The average Bonchev–Trinajstić information content (AvgIpc) is 3.03. The first-order chi connectivity index (χ1) is 20.5. The summed E-state index contributed by atoms with van der Waals surface area (Å²) in [5.74, 6) is 1.12. The summed E-state index contributed by atoms with van der Waals surface area (Å²) >= 11 is 0. The monoisotopic (exact) mass is 570 g/mol. The van der Waals surface area contributed by atoms with E-state index < -0.39 is 0 Å². The molecule has 4 rings (SSSR count). The van der Waals surface area contributed by atoms with Gasteiger partial charge in [0.1, 0.15) is 5.75 Å². The summed E-state index contributed by atoms with van der Waals surface area (Å²) in [5, 5.41) is 8.76. The van der Waals surface area contributed by atoms with Crippen molar-refractivity contribution in [3.63, 3.8) is 0 Å². The first-order valence-electron chi connectivity index (χ1n) is 15.1. The zero-order valence-corrected chi connectivity index (χ0v) is 24.3. The van der Waals surface area contributed by atoms with Crippen LogP contribution in [0.4, 0.5) is 0 Å². The number of benzene rings is 2. The molecule has 1 aliphatic rings. The van der Waals surface area contributed by atoms with Crippen LogP contribution < -0.4 is 20.7 Å². The van der Waals surface area contributed by atoms with Crippen molar-refractivity contribution in [3.8, 4) is 16.9 Å². The number of nitrogens with zero attached hydrogens (tertiary/aromatic N) is 1. The third kappa shape index (κ3) is 11.0. The van der Waals surface area contributed by atoms with Gasteiger partial charge < -0.3 is 20.7 Å².